The average molecular weight is 347 g/mol. The summed E-state index contributed by atoms with van der Waals surface area (Å²) in [6, 6.07) is 6.18. The molecule has 0 aliphatic carbocycles. The number of amides is 3. The van der Waals surface area contributed by atoms with Crippen molar-refractivity contribution in [3.8, 4) is 0 Å². The summed E-state index contributed by atoms with van der Waals surface area (Å²) in [4.78, 5) is 37.8. The van der Waals surface area contributed by atoms with E-state index in [-0.39, 0.29) is 24.3 Å². The number of piperazine rings is 1. The summed E-state index contributed by atoms with van der Waals surface area (Å²) in [5.41, 5.74) is 0.641. The van der Waals surface area contributed by atoms with Crippen molar-refractivity contribution in [1.29, 1.82) is 0 Å². The van der Waals surface area contributed by atoms with E-state index < -0.39 is 11.6 Å². The van der Waals surface area contributed by atoms with Crippen LogP contribution in [0.3, 0.4) is 0 Å². The fraction of sp³-hybridized carbons (Fsp3) is 0.500. The number of anilines is 1. The summed E-state index contributed by atoms with van der Waals surface area (Å²) >= 11 is 0. The number of nitrogens with one attached hydrogen (secondary N) is 2. The van der Waals surface area contributed by atoms with E-state index in [1.54, 1.807) is 52.0 Å². The zero-order valence-electron chi connectivity index (χ0n) is 15.1. The zero-order chi connectivity index (χ0) is 18.6. The van der Waals surface area contributed by atoms with Crippen molar-refractivity contribution < 1.29 is 19.1 Å². The largest absolute Gasteiger partial charge is 0.460 e. The molecule has 0 radical (unpaired) electrons. The molecular formula is C18H25N3O4. The highest BCUT2D eigenvalue weighted by molar-refractivity contribution is 5.95. The molecule has 0 aromatic heterocycles. The number of esters is 1. The van der Waals surface area contributed by atoms with Crippen LogP contribution in [0.1, 0.15) is 33.3 Å². The Morgan fingerprint density at radius 1 is 1.32 bits per heavy atom. The molecule has 1 atom stereocenters. The van der Waals surface area contributed by atoms with Gasteiger partial charge in [0.15, 0.2) is 0 Å². The molecule has 25 heavy (non-hydrogen) atoms. The van der Waals surface area contributed by atoms with Gasteiger partial charge in [0.1, 0.15) is 11.6 Å². The summed E-state index contributed by atoms with van der Waals surface area (Å²) in [6.45, 7) is 7.97. The Kier molecular flexibility index (Phi) is 5.66. The lowest BCUT2D eigenvalue weighted by Crippen LogP contribution is -2.56. The van der Waals surface area contributed by atoms with Crippen LogP contribution in [-0.4, -0.2) is 47.5 Å². The molecule has 7 heteroatoms. The van der Waals surface area contributed by atoms with Gasteiger partial charge in [0.25, 0.3) is 0 Å². The van der Waals surface area contributed by atoms with Gasteiger partial charge in [-0.3, -0.25) is 9.59 Å². The van der Waals surface area contributed by atoms with Crippen LogP contribution >= 0.6 is 0 Å². The number of ether oxygens (including phenoxy) is 1. The van der Waals surface area contributed by atoms with Crippen molar-refractivity contribution in [1.82, 2.24) is 10.2 Å². The maximum absolute atomic E-state index is 12.5. The number of hydrogen-bond donors (Lipinski definition) is 2. The normalized spacial score (nSPS) is 17.7. The van der Waals surface area contributed by atoms with Crippen molar-refractivity contribution in [3.05, 3.63) is 29.8 Å². The van der Waals surface area contributed by atoms with Crippen LogP contribution in [0.15, 0.2) is 24.3 Å². The van der Waals surface area contributed by atoms with Gasteiger partial charge in [-0.05, 0) is 39.3 Å². The first-order valence-corrected chi connectivity index (χ1v) is 8.32. The number of benzene rings is 1. The minimum atomic E-state index is -0.564. The van der Waals surface area contributed by atoms with Crippen LogP contribution in [0.4, 0.5) is 10.5 Å². The van der Waals surface area contributed by atoms with Crippen LogP contribution in [0.25, 0.3) is 0 Å². The van der Waals surface area contributed by atoms with Gasteiger partial charge in [-0.25, -0.2) is 4.79 Å². The highest BCUT2D eigenvalue weighted by Gasteiger charge is 2.29. The van der Waals surface area contributed by atoms with Crippen LogP contribution in [0, 0.1) is 0 Å². The molecule has 3 amide bonds. The highest BCUT2D eigenvalue weighted by atomic mass is 16.6. The number of hydrogen-bond acceptors (Lipinski definition) is 4. The Bertz CT molecular complexity index is 667. The van der Waals surface area contributed by atoms with Gasteiger partial charge in [-0.2, -0.15) is 0 Å². The Morgan fingerprint density at radius 3 is 2.68 bits per heavy atom. The molecule has 1 aromatic rings. The second kappa shape index (κ2) is 7.55. The number of nitrogens with zero attached hydrogens (tertiary/aromatic N) is 1. The third-order valence-electron chi connectivity index (χ3n) is 3.77. The lowest BCUT2D eigenvalue weighted by atomic mass is 10.1. The molecule has 1 fully saturated rings. The maximum atomic E-state index is 12.5. The molecule has 1 heterocycles. The van der Waals surface area contributed by atoms with Crippen molar-refractivity contribution >= 4 is 23.6 Å². The smallest absolute Gasteiger partial charge is 0.322 e. The van der Waals surface area contributed by atoms with Crippen molar-refractivity contribution in [2.45, 2.75) is 45.8 Å². The van der Waals surface area contributed by atoms with Gasteiger partial charge >= 0.3 is 12.0 Å². The quantitative estimate of drug-likeness (QED) is 0.818. The molecule has 1 aliphatic rings. The third kappa shape index (κ3) is 5.20. The molecule has 0 spiro atoms. The lowest BCUT2D eigenvalue weighted by molar-refractivity contribution is -0.153. The summed E-state index contributed by atoms with van der Waals surface area (Å²) < 4.78 is 5.33. The monoisotopic (exact) mass is 347 g/mol. The third-order valence-corrected chi connectivity index (χ3v) is 3.77. The van der Waals surface area contributed by atoms with E-state index in [1.165, 1.54) is 4.90 Å². The van der Waals surface area contributed by atoms with Crippen molar-refractivity contribution in [2.24, 2.45) is 0 Å². The van der Waals surface area contributed by atoms with Crippen LogP contribution in [0.5, 0.6) is 0 Å². The van der Waals surface area contributed by atoms with E-state index in [0.29, 0.717) is 24.3 Å². The number of urea groups is 1. The number of rotatable bonds is 3. The highest BCUT2D eigenvalue weighted by Crippen LogP contribution is 2.19. The predicted molar refractivity (Wildman–Crippen MR) is 94.2 cm³/mol. The van der Waals surface area contributed by atoms with Crippen LogP contribution in [0.2, 0.25) is 0 Å². The molecule has 136 valence electrons. The lowest BCUT2D eigenvalue weighted by Gasteiger charge is -2.33. The minimum Gasteiger partial charge on any atom is -0.460 e. The van der Waals surface area contributed by atoms with Gasteiger partial charge < -0.3 is 20.3 Å². The van der Waals surface area contributed by atoms with Crippen LogP contribution in [-0.2, 0) is 20.7 Å². The second-order valence-corrected chi connectivity index (χ2v) is 7.01. The van der Waals surface area contributed by atoms with E-state index in [0.717, 1.165) is 0 Å². The summed E-state index contributed by atoms with van der Waals surface area (Å²) in [5.74, 6) is -0.539. The molecule has 1 aliphatic heterocycles. The Hall–Kier alpha value is -2.57. The molecule has 2 rings (SSSR count). The van der Waals surface area contributed by atoms with Crippen molar-refractivity contribution in [2.75, 3.05) is 18.4 Å². The van der Waals surface area contributed by atoms with Crippen LogP contribution < -0.4 is 10.6 Å². The standard InChI is InChI=1S/C18H25N3O4/c1-12-16(23)19-9-10-21(12)17(24)20-14-8-6-5-7-13(14)11-15(22)25-18(2,3)4/h5-8,12H,9-11H2,1-4H3,(H,19,23)(H,20,24)/t12-/m1/s1. The predicted octanol–water partition coefficient (Wildman–Crippen LogP) is 1.92. The van der Waals surface area contributed by atoms with Gasteiger partial charge in [0, 0.05) is 18.8 Å². The van der Waals surface area contributed by atoms with E-state index >= 15 is 0 Å². The molecule has 7 nitrogen and oxygen atoms in total. The first kappa shape index (κ1) is 18.8. The molecule has 0 unspecified atom stereocenters. The topological polar surface area (TPSA) is 87.7 Å². The van der Waals surface area contributed by atoms with E-state index in [4.69, 9.17) is 4.74 Å². The van der Waals surface area contributed by atoms with Gasteiger partial charge in [-0.15, -0.1) is 0 Å². The Morgan fingerprint density at radius 2 is 2.00 bits per heavy atom. The van der Waals surface area contributed by atoms with Gasteiger partial charge in [0.2, 0.25) is 5.91 Å². The van der Waals surface area contributed by atoms with E-state index in [2.05, 4.69) is 10.6 Å². The Labute approximate surface area is 147 Å². The minimum absolute atomic E-state index is 0.0593. The first-order valence-electron chi connectivity index (χ1n) is 8.32. The molecule has 0 saturated carbocycles. The molecule has 1 saturated heterocycles. The number of carbonyl (C=O) groups is 3. The molecule has 0 bridgehead atoms. The summed E-state index contributed by atoms with van der Waals surface area (Å²) in [5, 5.41) is 5.52. The molecule has 2 N–H and O–H groups in total. The second-order valence-electron chi connectivity index (χ2n) is 7.01. The van der Waals surface area contributed by atoms with Crippen molar-refractivity contribution in [3.63, 3.8) is 0 Å². The van der Waals surface area contributed by atoms with E-state index in [1.807, 2.05) is 0 Å². The fourth-order valence-corrected chi connectivity index (χ4v) is 2.58. The molecule has 1 aromatic carbocycles. The fourth-order valence-electron chi connectivity index (χ4n) is 2.58. The number of carbonyl (C=O) groups excluding carboxylic acids is 3. The number of para-hydroxylation sites is 1. The SMILES string of the molecule is C[C@@H]1C(=O)NCCN1C(=O)Nc1ccccc1CC(=O)OC(C)(C)C. The molecular weight excluding hydrogens is 322 g/mol. The van der Waals surface area contributed by atoms with Gasteiger partial charge in [-0.1, -0.05) is 18.2 Å². The van der Waals surface area contributed by atoms with Gasteiger partial charge in [0.05, 0.1) is 6.42 Å². The summed E-state index contributed by atoms with van der Waals surface area (Å²) in [7, 11) is 0. The zero-order valence-corrected chi connectivity index (χ0v) is 15.1. The van der Waals surface area contributed by atoms with E-state index in [9.17, 15) is 14.4 Å². The Balaban J connectivity index is 2.08. The first-order chi connectivity index (χ1) is 11.7. The summed E-state index contributed by atoms with van der Waals surface area (Å²) in [6.07, 6.45) is 0.0593. The average Bonchev–Trinajstić information content (AvgIpc) is 2.50. The maximum Gasteiger partial charge on any atom is 0.322 e.